The Kier molecular flexibility index (Phi) is 4.78. The number of rotatable bonds is 6. The lowest BCUT2D eigenvalue weighted by atomic mass is 10.2. The summed E-state index contributed by atoms with van der Waals surface area (Å²) < 4.78 is 5.13. The van der Waals surface area contributed by atoms with E-state index in [4.69, 9.17) is 16.3 Å². The Morgan fingerprint density at radius 2 is 2.12 bits per heavy atom. The van der Waals surface area contributed by atoms with Gasteiger partial charge in [0.05, 0.1) is 30.1 Å². The molecule has 0 saturated heterocycles. The molecule has 0 aliphatic rings. The summed E-state index contributed by atoms with van der Waals surface area (Å²) in [7, 11) is 1.50. The van der Waals surface area contributed by atoms with Crippen LogP contribution >= 0.6 is 11.6 Å². The summed E-state index contributed by atoms with van der Waals surface area (Å²) >= 11 is 5.59. The quantitative estimate of drug-likeness (QED) is 0.515. The van der Waals surface area contributed by atoms with Crippen molar-refractivity contribution in [2.24, 2.45) is 0 Å². The smallest absolute Gasteiger partial charge is 0.161 e. The normalized spacial score (nSPS) is 12.3. The van der Waals surface area contributed by atoms with E-state index in [-0.39, 0.29) is 11.6 Å². The minimum absolute atomic E-state index is 0.0849. The molecule has 4 N–H and O–H groups in total. The number of aliphatic hydroxyl groups is 1. The third-order valence-corrected chi connectivity index (χ3v) is 4.01. The molecule has 6 nitrogen and oxygen atoms in total. The highest BCUT2D eigenvalue weighted by Gasteiger charge is 2.10. The number of aromatic amines is 1. The number of hydrogen-bond acceptors (Lipinski definition) is 5. The molecule has 1 unspecified atom stereocenters. The first-order valence-corrected chi connectivity index (χ1v) is 7.99. The van der Waals surface area contributed by atoms with Crippen LogP contribution in [0.3, 0.4) is 0 Å². The van der Waals surface area contributed by atoms with Gasteiger partial charge in [0.25, 0.3) is 0 Å². The number of methoxy groups -OCH3 is 1. The molecule has 1 heterocycles. The number of phenols is 1. The number of nitrogens with zero attached hydrogens (tertiary/aromatic N) is 1. The van der Waals surface area contributed by atoms with Crippen molar-refractivity contribution >= 4 is 28.3 Å². The number of ether oxygens (including phenoxy) is 1. The van der Waals surface area contributed by atoms with Crippen molar-refractivity contribution in [2.45, 2.75) is 6.10 Å². The number of H-pyrrole nitrogens is 1. The number of hydrogen-bond donors (Lipinski definition) is 4. The van der Waals surface area contributed by atoms with E-state index in [1.165, 1.54) is 7.11 Å². The first-order chi connectivity index (χ1) is 11.6. The van der Waals surface area contributed by atoms with E-state index < -0.39 is 6.10 Å². The third kappa shape index (κ3) is 3.39. The molecule has 24 heavy (non-hydrogen) atoms. The molecule has 1 aromatic heterocycles. The second-order valence-electron chi connectivity index (χ2n) is 5.39. The highest BCUT2D eigenvalue weighted by Crippen LogP contribution is 2.31. The largest absolute Gasteiger partial charge is 0.504 e. The topological polar surface area (TPSA) is 90.4 Å². The van der Waals surface area contributed by atoms with Gasteiger partial charge in [-0.1, -0.05) is 0 Å². The Bertz CT molecular complexity index is 850. The number of imidazole rings is 1. The van der Waals surface area contributed by atoms with Gasteiger partial charge in [0, 0.05) is 17.8 Å². The summed E-state index contributed by atoms with van der Waals surface area (Å²) in [4.78, 5) is 7.80. The molecule has 0 aliphatic carbocycles. The fourth-order valence-electron chi connectivity index (χ4n) is 2.37. The van der Waals surface area contributed by atoms with Crippen LogP contribution in [0, 0.1) is 0 Å². The van der Waals surface area contributed by atoms with E-state index in [1.807, 2.05) is 18.2 Å². The van der Waals surface area contributed by atoms with Gasteiger partial charge < -0.3 is 25.3 Å². The Hall–Kier alpha value is -2.44. The molecule has 3 aromatic rings. The van der Waals surface area contributed by atoms with Gasteiger partial charge in [0.2, 0.25) is 0 Å². The molecule has 0 saturated carbocycles. The predicted molar refractivity (Wildman–Crippen MR) is 95.0 cm³/mol. The number of aromatic hydroxyl groups is 1. The SMILES string of the molecule is COc1cc(-c2nc3ccc(NCC(O)CCl)cc3[nH]2)ccc1O. The molecular weight excluding hydrogens is 330 g/mol. The fourth-order valence-corrected chi connectivity index (χ4v) is 2.48. The number of fused-ring (bicyclic) bond motifs is 1. The molecule has 126 valence electrons. The van der Waals surface area contributed by atoms with E-state index in [2.05, 4.69) is 15.3 Å². The minimum Gasteiger partial charge on any atom is -0.504 e. The van der Waals surface area contributed by atoms with Crippen molar-refractivity contribution in [1.82, 2.24) is 9.97 Å². The van der Waals surface area contributed by atoms with Gasteiger partial charge in [-0.25, -0.2) is 4.98 Å². The van der Waals surface area contributed by atoms with Gasteiger partial charge in [0.15, 0.2) is 11.5 Å². The summed E-state index contributed by atoms with van der Waals surface area (Å²) in [5, 5.41) is 22.3. The summed E-state index contributed by atoms with van der Waals surface area (Å²) in [6, 6.07) is 10.8. The number of aliphatic hydroxyl groups excluding tert-OH is 1. The zero-order valence-electron chi connectivity index (χ0n) is 13.1. The molecule has 7 heteroatoms. The van der Waals surface area contributed by atoms with E-state index >= 15 is 0 Å². The molecular formula is C17H18ClN3O3. The van der Waals surface area contributed by atoms with Gasteiger partial charge in [0.1, 0.15) is 5.82 Å². The lowest BCUT2D eigenvalue weighted by Crippen LogP contribution is -2.20. The van der Waals surface area contributed by atoms with Crippen LogP contribution in [-0.2, 0) is 0 Å². The van der Waals surface area contributed by atoms with Crippen molar-refractivity contribution in [2.75, 3.05) is 24.9 Å². The molecule has 3 rings (SSSR count). The number of benzene rings is 2. The summed E-state index contributed by atoms with van der Waals surface area (Å²) in [6.07, 6.45) is -0.593. The van der Waals surface area contributed by atoms with Crippen LogP contribution in [-0.4, -0.2) is 45.8 Å². The van der Waals surface area contributed by atoms with Crippen molar-refractivity contribution in [1.29, 1.82) is 0 Å². The predicted octanol–water partition coefficient (Wildman–Crippen LogP) is 2.96. The number of phenolic OH excluding ortho intramolecular Hbond substituents is 1. The summed E-state index contributed by atoms with van der Waals surface area (Å²) in [5.74, 6) is 1.35. The van der Waals surface area contributed by atoms with Gasteiger partial charge in [-0.2, -0.15) is 0 Å². The van der Waals surface area contributed by atoms with E-state index in [9.17, 15) is 10.2 Å². The first kappa shape index (κ1) is 16.4. The van der Waals surface area contributed by atoms with Crippen LogP contribution in [0.5, 0.6) is 11.5 Å². The molecule has 2 aromatic carbocycles. The zero-order valence-corrected chi connectivity index (χ0v) is 13.8. The molecule has 1 atom stereocenters. The van der Waals surface area contributed by atoms with E-state index in [0.717, 1.165) is 22.3 Å². The maximum atomic E-state index is 9.69. The Morgan fingerprint density at radius 3 is 2.88 bits per heavy atom. The molecule has 0 aliphatic heterocycles. The molecule has 0 radical (unpaired) electrons. The van der Waals surface area contributed by atoms with Gasteiger partial charge in [-0.05, 0) is 36.4 Å². The first-order valence-electron chi connectivity index (χ1n) is 7.45. The van der Waals surface area contributed by atoms with Crippen molar-refractivity contribution < 1.29 is 14.9 Å². The molecule has 0 amide bonds. The van der Waals surface area contributed by atoms with Crippen molar-refractivity contribution in [3.63, 3.8) is 0 Å². The van der Waals surface area contributed by atoms with Crippen molar-refractivity contribution in [3.05, 3.63) is 36.4 Å². The Labute approximate surface area is 144 Å². The molecule has 0 fully saturated rings. The minimum atomic E-state index is -0.593. The monoisotopic (exact) mass is 347 g/mol. The number of alkyl halides is 1. The lowest BCUT2D eigenvalue weighted by Gasteiger charge is -2.09. The van der Waals surface area contributed by atoms with Gasteiger partial charge in [-0.15, -0.1) is 11.6 Å². The van der Waals surface area contributed by atoms with Gasteiger partial charge >= 0.3 is 0 Å². The van der Waals surface area contributed by atoms with Crippen LogP contribution in [0.2, 0.25) is 0 Å². The highest BCUT2D eigenvalue weighted by molar-refractivity contribution is 6.18. The standard InChI is InChI=1S/C17H18ClN3O3/c1-24-16-6-10(2-5-15(16)23)17-20-13-4-3-11(7-14(13)21-17)19-9-12(22)8-18/h2-7,12,19,22-23H,8-9H2,1H3,(H,20,21). The summed E-state index contributed by atoms with van der Waals surface area (Å²) in [5.41, 5.74) is 3.36. The second kappa shape index (κ2) is 6.98. The Balaban J connectivity index is 1.88. The van der Waals surface area contributed by atoms with Crippen LogP contribution in [0.15, 0.2) is 36.4 Å². The zero-order chi connectivity index (χ0) is 17.1. The van der Waals surface area contributed by atoms with Crippen molar-refractivity contribution in [3.8, 4) is 22.9 Å². The third-order valence-electron chi connectivity index (χ3n) is 3.65. The van der Waals surface area contributed by atoms with Crippen LogP contribution in [0.4, 0.5) is 5.69 Å². The maximum absolute atomic E-state index is 9.69. The maximum Gasteiger partial charge on any atom is 0.161 e. The molecule has 0 spiro atoms. The number of halogens is 1. The lowest BCUT2D eigenvalue weighted by molar-refractivity contribution is 0.211. The highest BCUT2D eigenvalue weighted by atomic mass is 35.5. The van der Waals surface area contributed by atoms with E-state index in [0.29, 0.717) is 18.1 Å². The Morgan fingerprint density at radius 1 is 1.29 bits per heavy atom. The second-order valence-corrected chi connectivity index (χ2v) is 5.70. The average Bonchev–Trinajstić information content (AvgIpc) is 3.03. The number of aromatic nitrogens is 2. The van der Waals surface area contributed by atoms with Gasteiger partial charge in [-0.3, -0.25) is 0 Å². The number of anilines is 1. The molecule has 0 bridgehead atoms. The van der Waals surface area contributed by atoms with E-state index in [1.54, 1.807) is 18.2 Å². The average molecular weight is 348 g/mol. The fraction of sp³-hybridized carbons (Fsp3) is 0.235. The van der Waals surface area contributed by atoms with Crippen LogP contribution in [0.1, 0.15) is 0 Å². The van der Waals surface area contributed by atoms with Crippen LogP contribution in [0.25, 0.3) is 22.4 Å². The van der Waals surface area contributed by atoms with Crippen LogP contribution < -0.4 is 10.1 Å². The summed E-state index contributed by atoms with van der Waals surface area (Å²) in [6.45, 7) is 0.380. The number of nitrogens with one attached hydrogen (secondary N) is 2.